The molecule has 0 aliphatic carbocycles. The Morgan fingerprint density at radius 2 is 1.35 bits per heavy atom. The quantitative estimate of drug-likeness (QED) is 0.654. The second-order valence-corrected chi connectivity index (χ2v) is 5.16. The van der Waals surface area contributed by atoms with Gasteiger partial charge < -0.3 is 4.52 Å². The van der Waals surface area contributed by atoms with Gasteiger partial charge in [0, 0.05) is 11.5 Å². The van der Waals surface area contributed by atoms with Crippen molar-refractivity contribution in [3.8, 4) is 22.4 Å². The van der Waals surface area contributed by atoms with Gasteiger partial charge in [-0.3, -0.25) is 0 Å². The van der Waals surface area contributed by atoms with Gasteiger partial charge in [0.2, 0.25) is 0 Å². The van der Waals surface area contributed by atoms with Crippen molar-refractivity contribution in [3.05, 3.63) is 66.4 Å². The normalized spacial score (nSPS) is 10.9. The molecule has 2 heteroatoms. The van der Waals surface area contributed by atoms with E-state index in [9.17, 15) is 0 Å². The van der Waals surface area contributed by atoms with Crippen molar-refractivity contribution in [1.82, 2.24) is 5.16 Å². The zero-order valence-electron chi connectivity index (χ0n) is 11.7. The average molecular weight is 263 g/mol. The summed E-state index contributed by atoms with van der Waals surface area (Å²) in [5.74, 6) is 1.24. The Kier molecular flexibility index (Phi) is 3.38. The Balaban J connectivity index is 2.22. The molecule has 0 fully saturated rings. The van der Waals surface area contributed by atoms with Crippen LogP contribution >= 0.6 is 0 Å². The molecule has 0 amide bonds. The molecular weight excluding hydrogens is 246 g/mol. The molecule has 0 N–H and O–H groups in total. The maximum atomic E-state index is 5.62. The molecule has 0 atom stereocenters. The summed E-state index contributed by atoms with van der Waals surface area (Å²) >= 11 is 0. The summed E-state index contributed by atoms with van der Waals surface area (Å²) in [5.41, 5.74) is 4.26. The van der Waals surface area contributed by atoms with Crippen molar-refractivity contribution in [2.24, 2.45) is 0 Å². The third-order valence-electron chi connectivity index (χ3n) is 3.35. The van der Waals surface area contributed by atoms with E-state index in [1.165, 1.54) is 0 Å². The molecule has 20 heavy (non-hydrogen) atoms. The molecule has 0 aliphatic heterocycles. The molecule has 0 unspecified atom stereocenters. The van der Waals surface area contributed by atoms with Crippen molar-refractivity contribution in [1.29, 1.82) is 0 Å². The molecule has 100 valence electrons. The minimum atomic E-state index is 0.301. The number of rotatable bonds is 3. The third kappa shape index (κ3) is 2.25. The average Bonchev–Trinajstić information content (AvgIpc) is 2.94. The fourth-order valence-corrected chi connectivity index (χ4v) is 2.37. The lowest BCUT2D eigenvalue weighted by atomic mass is 9.95. The van der Waals surface area contributed by atoms with E-state index in [0.29, 0.717) is 5.92 Å². The van der Waals surface area contributed by atoms with Gasteiger partial charge >= 0.3 is 0 Å². The Morgan fingerprint density at radius 1 is 0.800 bits per heavy atom. The van der Waals surface area contributed by atoms with Crippen molar-refractivity contribution in [2.45, 2.75) is 19.8 Å². The van der Waals surface area contributed by atoms with Crippen LogP contribution in [0.25, 0.3) is 22.4 Å². The zero-order valence-corrected chi connectivity index (χ0v) is 11.7. The van der Waals surface area contributed by atoms with Crippen LogP contribution in [0.5, 0.6) is 0 Å². The summed E-state index contributed by atoms with van der Waals surface area (Å²) in [7, 11) is 0. The molecule has 0 spiro atoms. The minimum absolute atomic E-state index is 0.301. The predicted octanol–water partition coefficient (Wildman–Crippen LogP) is 5.13. The van der Waals surface area contributed by atoms with E-state index in [4.69, 9.17) is 4.52 Å². The Hall–Kier alpha value is -2.35. The molecule has 0 saturated carbocycles. The highest BCUT2D eigenvalue weighted by atomic mass is 16.5. The molecule has 3 aromatic rings. The molecule has 1 aromatic heterocycles. The number of benzene rings is 2. The lowest BCUT2D eigenvalue weighted by Crippen LogP contribution is -1.89. The maximum Gasteiger partial charge on any atom is 0.147 e. The van der Waals surface area contributed by atoms with E-state index < -0.39 is 0 Å². The van der Waals surface area contributed by atoms with Gasteiger partial charge in [0.1, 0.15) is 11.5 Å². The molecule has 1 heterocycles. The number of hydrogen-bond acceptors (Lipinski definition) is 2. The largest absolute Gasteiger partial charge is 0.360 e. The molecule has 0 saturated heterocycles. The first-order chi connectivity index (χ1) is 9.77. The summed E-state index contributed by atoms with van der Waals surface area (Å²) in [6, 6.07) is 20.5. The van der Waals surface area contributed by atoms with E-state index in [1.807, 2.05) is 36.4 Å². The van der Waals surface area contributed by atoms with Crippen molar-refractivity contribution >= 4 is 0 Å². The summed E-state index contributed by atoms with van der Waals surface area (Å²) in [4.78, 5) is 0. The van der Waals surface area contributed by atoms with Gasteiger partial charge in [-0.2, -0.15) is 0 Å². The molecule has 2 nitrogen and oxygen atoms in total. The Morgan fingerprint density at radius 3 is 1.90 bits per heavy atom. The van der Waals surface area contributed by atoms with Crippen molar-refractivity contribution < 1.29 is 4.52 Å². The van der Waals surface area contributed by atoms with Crippen LogP contribution in [0.4, 0.5) is 0 Å². The van der Waals surface area contributed by atoms with Gasteiger partial charge in [0.25, 0.3) is 0 Å². The molecule has 0 aliphatic rings. The summed E-state index contributed by atoms with van der Waals surface area (Å²) < 4.78 is 5.62. The summed E-state index contributed by atoms with van der Waals surface area (Å²) in [6.07, 6.45) is 0. The van der Waals surface area contributed by atoms with Crippen LogP contribution in [-0.4, -0.2) is 5.16 Å². The summed E-state index contributed by atoms with van der Waals surface area (Å²) in [6.45, 7) is 4.25. The van der Waals surface area contributed by atoms with E-state index >= 15 is 0 Å². The summed E-state index contributed by atoms with van der Waals surface area (Å²) in [5, 5.41) is 4.31. The fourth-order valence-electron chi connectivity index (χ4n) is 2.37. The van der Waals surface area contributed by atoms with Crippen molar-refractivity contribution in [3.63, 3.8) is 0 Å². The van der Waals surface area contributed by atoms with Gasteiger partial charge in [0.15, 0.2) is 0 Å². The second kappa shape index (κ2) is 5.33. The number of aromatic nitrogens is 1. The van der Waals surface area contributed by atoms with Gasteiger partial charge in [-0.05, 0) is 5.56 Å². The molecule has 3 rings (SSSR count). The van der Waals surface area contributed by atoms with E-state index in [2.05, 4.69) is 43.3 Å². The smallest absolute Gasteiger partial charge is 0.147 e. The third-order valence-corrected chi connectivity index (χ3v) is 3.35. The van der Waals surface area contributed by atoms with E-state index in [-0.39, 0.29) is 0 Å². The maximum absolute atomic E-state index is 5.62. The van der Waals surface area contributed by atoms with E-state index in [1.54, 1.807) is 0 Å². The van der Waals surface area contributed by atoms with Crippen molar-refractivity contribution in [2.75, 3.05) is 0 Å². The highest BCUT2D eigenvalue weighted by Crippen LogP contribution is 2.37. The minimum Gasteiger partial charge on any atom is -0.360 e. The Labute approximate surface area is 119 Å². The first-order valence-corrected chi connectivity index (χ1v) is 6.88. The topological polar surface area (TPSA) is 26.0 Å². The SMILES string of the molecule is CC(C)c1onc(-c2ccccc2)c1-c1ccccc1. The highest BCUT2D eigenvalue weighted by Gasteiger charge is 2.20. The van der Waals surface area contributed by atoms with E-state index in [0.717, 1.165) is 28.1 Å². The predicted molar refractivity (Wildman–Crippen MR) is 81.5 cm³/mol. The number of nitrogens with zero attached hydrogens (tertiary/aromatic N) is 1. The van der Waals surface area contributed by atoms with Crippen LogP contribution in [0.15, 0.2) is 65.2 Å². The first kappa shape index (κ1) is 12.7. The van der Waals surface area contributed by atoms with Crippen LogP contribution < -0.4 is 0 Å². The standard InChI is InChI=1S/C18H17NO/c1-13(2)18-16(14-9-5-3-6-10-14)17(19-20-18)15-11-7-4-8-12-15/h3-13H,1-2H3. The monoisotopic (exact) mass is 263 g/mol. The van der Waals surface area contributed by atoms with Crippen LogP contribution in [0.1, 0.15) is 25.5 Å². The molecule has 2 aromatic carbocycles. The Bertz CT molecular complexity index is 684. The molecule has 0 radical (unpaired) electrons. The van der Waals surface area contributed by atoms with Crippen LogP contribution in [-0.2, 0) is 0 Å². The van der Waals surface area contributed by atoms with Gasteiger partial charge in [-0.25, -0.2) is 0 Å². The molecular formula is C18H17NO. The van der Waals surface area contributed by atoms with Gasteiger partial charge in [-0.1, -0.05) is 79.7 Å². The second-order valence-electron chi connectivity index (χ2n) is 5.16. The lowest BCUT2D eigenvalue weighted by Gasteiger charge is -2.06. The highest BCUT2D eigenvalue weighted by molar-refractivity contribution is 5.82. The van der Waals surface area contributed by atoms with Crippen LogP contribution in [0, 0.1) is 0 Å². The van der Waals surface area contributed by atoms with Gasteiger partial charge in [0.05, 0.1) is 5.56 Å². The lowest BCUT2D eigenvalue weighted by molar-refractivity contribution is 0.373. The fraction of sp³-hybridized carbons (Fsp3) is 0.167. The zero-order chi connectivity index (χ0) is 13.9. The van der Waals surface area contributed by atoms with Crippen LogP contribution in [0.2, 0.25) is 0 Å². The van der Waals surface area contributed by atoms with Crippen LogP contribution in [0.3, 0.4) is 0 Å². The number of hydrogen-bond donors (Lipinski definition) is 0. The molecule has 0 bridgehead atoms. The van der Waals surface area contributed by atoms with Gasteiger partial charge in [-0.15, -0.1) is 0 Å². The first-order valence-electron chi connectivity index (χ1n) is 6.88.